The van der Waals surface area contributed by atoms with E-state index in [-0.39, 0.29) is 17.7 Å². The Morgan fingerprint density at radius 1 is 1.00 bits per heavy atom. The van der Waals surface area contributed by atoms with E-state index in [1.165, 1.54) is 18.2 Å². The summed E-state index contributed by atoms with van der Waals surface area (Å²) in [7, 11) is -4.20. The monoisotopic (exact) mass is 330 g/mol. The number of hydrogen-bond acceptors (Lipinski definition) is 5. The molecule has 0 atom stereocenters. The van der Waals surface area contributed by atoms with Gasteiger partial charge in [0, 0.05) is 23.4 Å². The molecular weight excluding hydrogens is 320 g/mol. The van der Waals surface area contributed by atoms with E-state index >= 15 is 0 Å². The first-order chi connectivity index (χ1) is 10.9. The van der Waals surface area contributed by atoms with E-state index in [1.807, 2.05) is 0 Å². The second-order valence-electron chi connectivity index (χ2n) is 4.94. The third-order valence-corrected chi connectivity index (χ3v) is 5.24. The standard InChI is InChI=1S/C14H10N4O4S/c15-17-16-11-3-1-10-8-12(4-2-9(10)7-11)23(21,22)18-13(19)5-6-14(18)20/h1-4,7-8H,5-6H2. The number of carbonyl (C=O) groups excluding carboxylic acids is 2. The third-order valence-electron chi connectivity index (χ3n) is 3.50. The summed E-state index contributed by atoms with van der Waals surface area (Å²) in [5, 5.41) is 4.73. The highest BCUT2D eigenvalue weighted by atomic mass is 32.2. The number of nitrogens with zero attached hydrogens (tertiary/aromatic N) is 4. The van der Waals surface area contributed by atoms with Crippen molar-refractivity contribution in [3.05, 3.63) is 46.8 Å². The number of hydrogen-bond donors (Lipinski definition) is 0. The molecular formula is C14H10N4O4S. The Morgan fingerprint density at radius 2 is 1.61 bits per heavy atom. The van der Waals surface area contributed by atoms with Crippen LogP contribution in [0.25, 0.3) is 21.2 Å². The van der Waals surface area contributed by atoms with E-state index in [0.717, 1.165) is 0 Å². The molecule has 8 nitrogen and oxygen atoms in total. The van der Waals surface area contributed by atoms with Crippen LogP contribution in [0.15, 0.2) is 46.4 Å². The predicted octanol–water partition coefficient (Wildman–Crippen LogP) is 2.62. The molecule has 2 aromatic carbocycles. The van der Waals surface area contributed by atoms with E-state index in [2.05, 4.69) is 10.0 Å². The summed E-state index contributed by atoms with van der Waals surface area (Å²) in [6, 6.07) is 8.98. The molecule has 1 aliphatic rings. The van der Waals surface area contributed by atoms with Gasteiger partial charge in [-0.15, -0.1) is 0 Å². The molecule has 1 aliphatic heterocycles. The van der Waals surface area contributed by atoms with Crippen molar-refractivity contribution in [1.29, 1.82) is 0 Å². The van der Waals surface area contributed by atoms with Gasteiger partial charge in [-0.05, 0) is 34.5 Å². The lowest BCUT2D eigenvalue weighted by molar-refractivity contribution is -0.132. The number of benzene rings is 2. The van der Waals surface area contributed by atoms with Gasteiger partial charge in [0.1, 0.15) is 0 Å². The Bertz CT molecular complexity index is 977. The van der Waals surface area contributed by atoms with E-state index in [0.29, 0.717) is 20.8 Å². The van der Waals surface area contributed by atoms with Crippen molar-refractivity contribution in [2.75, 3.05) is 0 Å². The average Bonchev–Trinajstić information content (AvgIpc) is 2.86. The summed E-state index contributed by atoms with van der Waals surface area (Å²) in [5.74, 6) is -1.43. The summed E-state index contributed by atoms with van der Waals surface area (Å²) in [6.07, 6.45) is -0.192. The molecule has 3 rings (SSSR count). The highest BCUT2D eigenvalue weighted by Crippen LogP contribution is 2.27. The Kier molecular flexibility index (Phi) is 3.51. The number of sulfonamides is 1. The van der Waals surface area contributed by atoms with E-state index < -0.39 is 21.8 Å². The quantitative estimate of drug-likeness (QED) is 0.371. The number of fused-ring (bicyclic) bond motifs is 1. The SMILES string of the molecule is [N-]=[N+]=Nc1ccc2cc(S(=O)(=O)N3C(=O)CCC3=O)ccc2c1. The Labute approximate surface area is 131 Å². The van der Waals surface area contributed by atoms with E-state index in [9.17, 15) is 18.0 Å². The van der Waals surface area contributed by atoms with Crippen molar-refractivity contribution >= 4 is 38.3 Å². The van der Waals surface area contributed by atoms with Crippen LogP contribution < -0.4 is 0 Å². The number of azide groups is 1. The fraction of sp³-hybridized carbons (Fsp3) is 0.143. The zero-order chi connectivity index (χ0) is 16.6. The smallest absolute Gasteiger partial charge is 0.273 e. The molecule has 0 aromatic heterocycles. The van der Waals surface area contributed by atoms with Crippen molar-refractivity contribution in [1.82, 2.24) is 4.31 Å². The number of carbonyl (C=O) groups is 2. The van der Waals surface area contributed by atoms with Crippen molar-refractivity contribution in [3.63, 3.8) is 0 Å². The number of rotatable bonds is 3. The lowest BCUT2D eigenvalue weighted by Crippen LogP contribution is -2.35. The predicted molar refractivity (Wildman–Crippen MR) is 81.0 cm³/mol. The minimum atomic E-state index is -4.20. The van der Waals surface area contributed by atoms with Crippen LogP contribution >= 0.6 is 0 Å². The average molecular weight is 330 g/mol. The van der Waals surface area contributed by atoms with Crippen molar-refractivity contribution in [2.24, 2.45) is 5.11 Å². The third kappa shape index (κ3) is 2.52. The van der Waals surface area contributed by atoms with E-state index in [4.69, 9.17) is 5.53 Å². The van der Waals surface area contributed by atoms with Gasteiger partial charge < -0.3 is 0 Å². The summed E-state index contributed by atoms with van der Waals surface area (Å²) in [5.41, 5.74) is 8.83. The first kappa shape index (κ1) is 15.0. The maximum atomic E-state index is 12.5. The molecule has 0 unspecified atom stereocenters. The fourth-order valence-corrected chi connectivity index (χ4v) is 3.86. The van der Waals surface area contributed by atoms with Crippen LogP contribution in [0.3, 0.4) is 0 Å². The summed E-state index contributed by atoms with van der Waals surface area (Å²) >= 11 is 0. The van der Waals surface area contributed by atoms with Gasteiger partial charge in [-0.25, -0.2) is 8.42 Å². The van der Waals surface area contributed by atoms with Crippen molar-refractivity contribution < 1.29 is 18.0 Å². The van der Waals surface area contributed by atoms with Crippen molar-refractivity contribution in [3.8, 4) is 0 Å². The lowest BCUT2D eigenvalue weighted by Gasteiger charge is -2.14. The van der Waals surface area contributed by atoms with Gasteiger partial charge in [-0.2, -0.15) is 4.31 Å². The second kappa shape index (κ2) is 5.38. The van der Waals surface area contributed by atoms with Crippen LogP contribution in [0.5, 0.6) is 0 Å². The first-order valence-electron chi connectivity index (χ1n) is 6.63. The molecule has 0 radical (unpaired) electrons. The largest absolute Gasteiger partial charge is 0.273 e. The number of imide groups is 1. The highest BCUT2D eigenvalue weighted by Gasteiger charge is 2.39. The summed E-state index contributed by atoms with van der Waals surface area (Å²) in [6.45, 7) is 0. The Balaban J connectivity index is 2.10. The molecule has 1 fully saturated rings. The lowest BCUT2D eigenvalue weighted by atomic mass is 10.1. The first-order valence-corrected chi connectivity index (χ1v) is 8.07. The minimum absolute atomic E-state index is 0.0961. The minimum Gasteiger partial charge on any atom is -0.273 e. The van der Waals surface area contributed by atoms with Gasteiger partial charge in [0.25, 0.3) is 10.0 Å². The molecule has 0 saturated carbocycles. The topological polar surface area (TPSA) is 120 Å². The zero-order valence-electron chi connectivity index (χ0n) is 11.7. The van der Waals surface area contributed by atoms with Gasteiger partial charge in [-0.3, -0.25) is 9.59 Å². The summed E-state index contributed by atoms with van der Waals surface area (Å²) in [4.78, 5) is 25.9. The van der Waals surface area contributed by atoms with Gasteiger partial charge in [0.2, 0.25) is 11.8 Å². The van der Waals surface area contributed by atoms with Gasteiger partial charge in [0.05, 0.1) is 4.90 Å². The summed E-state index contributed by atoms with van der Waals surface area (Å²) < 4.78 is 25.3. The molecule has 116 valence electrons. The Morgan fingerprint density at radius 3 is 2.26 bits per heavy atom. The van der Waals surface area contributed by atoms with Gasteiger partial charge in [0.15, 0.2) is 0 Å². The van der Waals surface area contributed by atoms with E-state index in [1.54, 1.807) is 18.2 Å². The molecule has 1 saturated heterocycles. The van der Waals surface area contributed by atoms with Gasteiger partial charge >= 0.3 is 0 Å². The molecule has 2 aromatic rings. The van der Waals surface area contributed by atoms with Crippen LogP contribution in [-0.4, -0.2) is 24.5 Å². The molecule has 0 spiro atoms. The molecule has 0 bridgehead atoms. The van der Waals surface area contributed by atoms with Crippen LogP contribution in [0, 0.1) is 0 Å². The molecule has 2 amide bonds. The maximum Gasteiger partial charge on any atom is 0.273 e. The van der Waals surface area contributed by atoms with Gasteiger partial charge in [-0.1, -0.05) is 23.3 Å². The van der Waals surface area contributed by atoms with Crippen molar-refractivity contribution in [2.45, 2.75) is 17.7 Å². The fourth-order valence-electron chi connectivity index (χ4n) is 2.42. The maximum absolute atomic E-state index is 12.5. The van der Waals surface area contributed by atoms with Crippen LogP contribution in [0.4, 0.5) is 5.69 Å². The molecule has 0 N–H and O–H groups in total. The van der Waals surface area contributed by atoms with Crippen LogP contribution in [0.2, 0.25) is 0 Å². The normalized spacial score (nSPS) is 15.0. The Hall–Kier alpha value is -2.90. The van der Waals surface area contributed by atoms with Crippen LogP contribution in [-0.2, 0) is 19.6 Å². The molecule has 0 aliphatic carbocycles. The zero-order valence-corrected chi connectivity index (χ0v) is 12.5. The highest BCUT2D eigenvalue weighted by molar-refractivity contribution is 7.90. The molecule has 9 heteroatoms. The number of amides is 2. The molecule has 23 heavy (non-hydrogen) atoms. The molecule has 1 heterocycles. The second-order valence-corrected chi connectivity index (χ2v) is 6.73. The van der Waals surface area contributed by atoms with Crippen LogP contribution in [0.1, 0.15) is 12.8 Å².